The maximum Gasteiger partial charge on any atom is 0.251 e. The number of hydrogen-bond acceptors (Lipinski definition) is 5. The molecule has 0 aromatic carbocycles. The summed E-state index contributed by atoms with van der Waals surface area (Å²) in [5.41, 5.74) is 2.02. The molecule has 7 heteroatoms. The van der Waals surface area contributed by atoms with Crippen LogP contribution in [0.5, 0.6) is 5.88 Å². The molecule has 0 N–H and O–H groups in total. The van der Waals surface area contributed by atoms with Gasteiger partial charge in [0.15, 0.2) is 5.65 Å². The van der Waals surface area contributed by atoms with E-state index in [0.717, 1.165) is 56.7 Å². The molecule has 27 heavy (non-hydrogen) atoms. The minimum Gasteiger partial charge on any atom is -0.476 e. The van der Waals surface area contributed by atoms with Gasteiger partial charge in [0, 0.05) is 31.7 Å². The standard InChI is InChI=1S/C20H26N4O3/c25-20(17-2-1-11-26-17)23-9-7-14(8-10-23)13-27-19-6-5-18-21-16(15-3-4-15)12-24(18)22-19/h5-6,12,14-15,17H,1-4,7-11,13H2. The van der Waals surface area contributed by atoms with Crippen LogP contribution in [0.4, 0.5) is 0 Å². The van der Waals surface area contributed by atoms with Crippen molar-refractivity contribution >= 4 is 11.6 Å². The van der Waals surface area contributed by atoms with E-state index in [1.165, 1.54) is 12.8 Å². The monoisotopic (exact) mass is 370 g/mol. The number of imidazole rings is 1. The summed E-state index contributed by atoms with van der Waals surface area (Å²) < 4.78 is 13.3. The lowest BCUT2D eigenvalue weighted by Crippen LogP contribution is -2.44. The Bertz CT molecular complexity index is 818. The van der Waals surface area contributed by atoms with E-state index in [1.54, 1.807) is 0 Å². The Morgan fingerprint density at radius 1 is 1.19 bits per heavy atom. The van der Waals surface area contributed by atoms with Gasteiger partial charge < -0.3 is 14.4 Å². The molecule has 2 aliphatic heterocycles. The minimum absolute atomic E-state index is 0.172. The van der Waals surface area contributed by atoms with Crippen LogP contribution in [0, 0.1) is 5.92 Å². The van der Waals surface area contributed by atoms with Crippen molar-refractivity contribution < 1.29 is 14.3 Å². The number of fused-ring (bicyclic) bond motifs is 1. The molecular weight excluding hydrogens is 344 g/mol. The Morgan fingerprint density at radius 2 is 2.04 bits per heavy atom. The van der Waals surface area contributed by atoms with Crippen LogP contribution < -0.4 is 4.74 Å². The van der Waals surface area contributed by atoms with Gasteiger partial charge >= 0.3 is 0 Å². The zero-order valence-corrected chi connectivity index (χ0v) is 15.5. The molecule has 0 radical (unpaired) electrons. The predicted octanol–water partition coefficient (Wildman–Crippen LogP) is 2.40. The second-order valence-electron chi connectivity index (χ2n) is 8.00. The first kappa shape index (κ1) is 17.0. The number of aromatic nitrogens is 3. The van der Waals surface area contributed by atoms with Crippen molar-refractivity contribution in [2.45, 2.75) is 50.5 Å². The molecule has 3 aliphatic rings. The van der Waals surface area contributed by atoms with Gasteiger partial charge in [-0.3, -0.25) is 4.79 Å². The summed E-state index contributed by atoms with van der Waals surface area (Å²) in [5, 5.41) is 4.54. The van der Waals surface area contributed by atoms with E-state index in [9.17, 15) is 4.79 Å². The van der Waals surface area contributed by atoms with Crippen LogP contribution in [0.1, 0.15) is 50.1 Å². The second kappa shape index (κ2) is 7.11. The van der Waals surface area contributed by atoms with Crippen molar-refractivity contribution in [3.05, 3.63) is 24.0 Å². The van der Waals surface area contributed by atoms with Gasteiger partial charge in [-0.15, -0.1) is 5.10 Å². The number of hydrogen-bond donors (Lipinski definition) is 0. The molecular formula is C20H26N4O3. The highest BCUT2D eigenvalue weighted by Gasteiger charge is 2.31. The third-order valence-corrected chi connectivity index (χ3v) is 5.91. The molecule has 0 bridgehead atoms. The van der Waals surface area contributed by atoms with Gasteiger partial charge in [0.1, 0.15) is 6.10 Å². The summed E-state index contributed by atoms with van der Waals surface area (Å²) >= 11 is 0. The number of carbonyl (C=O) groups excluding carboxylic acids is 1. The quantitative estimate of drug-likeness (QED) is 0.808. The number of likely N-dealkylation sites (tertiary alicyclic amines) is 1. The largest absolute Gasteiger partial charge is 0.476 e. The first-order valence-corrected chi connectivity index (χ1v) is 10.2. The van der Waals surface area contributed by atoms with Gasteiger partial charge in [-0.05, 0) is 50.5 Å². The van der Waals surface area contributed by atoms with Crippen molar-refractivity contribution in [3.63, 3.8) is 0 Å². The summed E-state index contributed by atoms with van der Waals surface area (Å²) in [4.78, 5) is 19.0. The highest BCUT2D eigenvalue weighted by molar-refractivity contribution is 5.81. The molecule has 3 fully saturated rings. The van der Waals surface area contributed by atoms with E-state index in [-0.39, 0.29) is 12.0 Å². The van der Waals surface area contributed by atoms with Crippen molar-refractivity contribution in [3.8, 4) is 5.88 Å². The summed E-state index contributed by atoms with van der Waals surface area (Å²) in [6.45, 7) is 2.96. The molecule has 1 unspecified atom stereocenters. The number of ether oxygens (including phenoxy) is 2. The fourth-order valence-corrected chi connectivity index (χ4v) is 4.03. The molecule has 1 atom stereocenters. The van der Waals surface area contributed by atoms with E-state index in [4.69, 9.17) is 9.47 Å². The van der Waals surface area contributed by atoms with Crippen molar-refractivity contribution in [1.82, 2.24) is 19.5 Å². The van der Waals surface area contributed by atoms with Gasteiger partial charge in [0.05, 0.1) is 18.5 Å². The van der Waals surface area contributed by atoms with Crippen molar-refractivity contribution in [1.29, 1.82) is 0 Å². The highest BCUT2D eigenvalue weighted by atomic mass is 16.5. The van der Waals surface area contributed by atoms with Gasteiger partial charge in [0.25, 0.3) is 5.91 Å². The third kappa shape index (κ3) is 3.65. The number of nitrogens with zero attached hydrogens (tertiary/aromatic N) is 4. The molecule has 7 nitrogen and oxygen atoms in total. The van der Waals surface area contributed by atoms with Crippen LogP contribution in [-0.4, -0.2) is 57.8 Å². The molecule has 0 spiro atoms. The Balaban J connectivity index is 1.13. The summed E-state index contributed by atoms with van der Waals surface area (Å²) in [6, 6.07) is 3.87. The molecule has 5 rings (SSSR count). The van der Waals surface area contributed by atoms with Gasteiger partial charge in [-0.25, -0.2) is 9.50 Å². The van der Waals surface area contributed by atoms with Crippen LogP contribution in [-0.2, 0) is 9.53 Å². The summed E-state index contributed by atoms with van der Waals surface area (Å²) in [6.07, 6.45) is 8.10. The average molecular weight is 370 g/mol. The maximum atomic E-state index is 12.4. The van der Waals surface area contributed by atoms with Gasteiger partial charge in [0.2, 0.25) is 5.88 Å². The topological polar surface area (TPSA) is 69.0 Å². The normalized spacial score (nSPS) is 23.9. The smallest absolute Gasteiger partial charge is 0.251 e. The van der Waals surface area contributed by atoms with E-state index < -0.39 is 0 Å². The first-order valence-electron chi connectivity index (χ1n) is 10.2. The fourth-order valence-electron chi connectivity index (χ4n) is 4.03. The van der Waals surface area contributed by atoms with E-state index in [0.29, 0.717) is 24.3 Å². The predicted molar refractivity (Wildman–Crippen MR) is 98.7 cm³/mol. The second-order valence-corrected chi connectivity index (χ2v) is 8.00. The van der Waals surface area contributed by atoms with Crippen LogP contribution in [0.2, 0.25) is 0 Å². The maximum absolute atomic E-state index is 12.4. The van der Waals surface area contributed by atoms with Crippen molar-refractivity contribution in [2.75, 3.05) is 26.3 Å². The van der Waals surface area contributed by atoms with Gasteiger partial charge in [-0.2, -0.15) is 0 Å². The Hall–Kier alpha value is -2.15. The minimum atomic E-state index is -0.204. The molecule has 1 aliphatic carbocycles. The zero-order chi connectivity index (χ0) is 18.2. The molecule has 2 aromatic heterocycles. The third-order valence-electron chi connectivity index (χ3n) is 5.91. The fraction of sp³-hybridized carbons (Fsp3) is 0.650. The molecule has 2 aromatic rings. The lowest BCUT2D eigenvalue weighted by molar-refractivity contribution is -0.142. The average Bonchev–Trinajstić information content (AvgIpc) is 3.24. The van der Waals surface area contributed by atoms with Crippen LogP contribution in [0.3, 0.4) is 0 Å². The molecule has 1 saturated carbocycles. The molecule has 1 amide bonds. The Kier molecular flexibility index (Phi) is 4.47. The molecule has 2 saturated heterocycles. The van der Waals surface area contributed by atoms with E-state index in [2.05, 4.69) is 10.1 Å². The van der Waals surface area contributed by atoms with Crippen LogP contribution in [0.15, 0.2) is 18.3 Å². The lowest BCUT2D eigenvalue weighted by Gasteiger charge is -2.33. The Morgan fingerprint density at radius 3 is 2.78 bits per heavy atom. The van der Waals surface area contributed by atoms with E-state index >= 15 is 0 Å². The van der Waals surface area contributed by atoms with Crippen LogP contribution in [0.25, 0.3) is 5.65 Å². The Labute approximate surface area is 158 Å². The van der Waals surface area contributed by atoms with E-state index in [1.807, 2.05) is 27.7 Å². The van der Waals surface area contributed by atoms with Crippen LogP contribution >= 0.6 is 0 Å². The lowest BCUT2D eigenvalue weighted by atomic mass is 9.97. The zero-order valence-electron chi connectivity index (χ0n) is 15.5. The number of rotatable bonds is 5. The molecule has 144 valence electrons. The summed E-state index contributed by atoms with van der Waals surface area (Å²) in [5.74, 6) is 1.89. The first-order chi connectivity index (χ1) is 13.3. The highest BCUT2D eigenvalue weighted by Crippen LogP contribution is 2.39. The van der Waals surface area contributed by atoms with Gasteiger partial charge in [-0.1, -0.05) is 0 Å². The SMILES string of the molecule is O=C(C1CCCO1)N1CCC(COc2ccc3nc(C4CC4)cn3n2)CC1. The molecule has 4 heterocycles. The van der Waals surface area contributed by atoms with Crippen molar-refractivity contribution in [2.24, 2.45) is 5.92 Å². The number of piperidine rings is 1. The number of amides is 1. The summed E-state index contributed by atoms with van der Waals surface area (Å²) in [7, 11) is 0. The number of carbonyl (C=O) groups is 1.